The van der Waals surface area contributed by atoms with Gasteiger partial charge in [-0.2, -0.15) is 0 Å². The number of hydrogen-bond donors (Lipinski definition) is 1. The molecule has 2 rings (SSSR count). The fourth-order valence-electron chi connectivity index (χ4n) is 1.68. The molecule has 0 radical (unpaired) electrons. The first-order chi connectivity index (χ1) is 10.1. The Balaban J connectivity index is 1.77. The lowest BCUT2D eigenvalue weighted by Gasteiger charge is -2.07. The number of esters is 1. The normalized spacial score (nSPS) is 9.95. The van der Waals surface area contributed by atoms with Crippen LogP contribution in [0, 0.1) is 0 Å². The van der Waals surface area contributed by atoms with E-state index in [1.54, 1.807) is 24.3 Å². The van der Waals surface area contributed by atoms with Crippen molar-refractivity contribution in [2.75, 3.05) is 11.9 Å². The molecule has 0 aliphatic rings. The summed E-state index contributed by atoms with van der Waals surface area (Å²) >= 11 is 5.35. The summed E-state index contributed by atoms with van der Waals surface area (Å²) in [4.78, 5) is 22.5. The average Bonchev–Trinajstić information content (AvgIpc) is 2.52. The predicted octanol–water partition coefficient (Wildman–Crippen LogP) is 3.22. The lowest BCUT2D eigenvalue weighted by molar-refractivity contribution is -0.142. The Labute approximate surface area is 127 Å². The van der Waals surface area contributed by atoms with Crippen molar-refractivity contribution in [2.45, 2.75) is 6.61 Å². The molecule has 0 saturated carbocycles. The highest BCUT2D eigenvalue weighted by atomic mass is 35.5. The fraction of sp³-hybridized carbons (Fsp3) is 0.125. The molecule has 5 heteroatoms. The SMILES string of the molecule is O=C(CNc1ccc(C(=O)Cl)cc1)OCc1ccccc1. The van der Waals surface area contributed by atoms with Gasteiger partial charge in [-0.1, -0.05) is 30.3 Å². The van der Waals surface area contributed by atoms with Crippen LogP contribution in [-0.4, -0.2) is 17.8 Å². The summed E-state index contributed by atoms with van der Waals surface area (Å²) in [5.74, 6) is -0.351. The highest BCUT2D eigenvalue weighted by Gasteiger charge is 2.04. The Morgan fingerprint density at radius 1 is 1.00 bits per heavy atom. The van der Waals surface area contributed by atoms with Crippen LogP contribution in [0.3, 0.4) is 0 Å². The van der Waals surface area contributed by atoms with Gasteiger partial charge >= 0.3 is 5.97 Å². The van der Waals surface area contributed by atoms with Gasteiger partial charge in [0.1, 0.15) is 13.2 Å². The second-order valence-electron chi connectivity index (χ2n) is 4.35. The van der Waals surface area contributed by atoms with Gasteiger partial charge in [-0.3, -0.25) is 9.59 Å². The molecule has 4 nitrogen and oxygen atoms in total. The lowest BCUT2D eigenvalue weighted by Crippen LogP contribution is -2.16. The summed E-state index contributed by atoms with van der Waals surface area (Å²) in [5.41, 5.74) is 2.07. The molecular weight excluding hydrogens is 290 g/mol. The van der Waals surface area contributed by atoms with Crippen LogP contribution in [0.2, 0.25) is 0 Å². The zero-order valence-electron chi connectivity index (χ0n) is 11.2. The van der Waals surface area contributed by atoms with E-state index in [0.29, 0.717) is 11.3 Å². The number of carbonyl (C=O) groups is 2. The van der Waals surface area contributed by atoms with Gasteiger partial charge in [0.25, 0.3) is 5.24 Å². The van der Waals surface area contributed by atoms with E-state index < -0.39 is 5.24 Å². The molecule has 2 aromatic rings. The molecule has 1 N–H and O–H groups in total. The minimum atomic E-state index is -0.510. The van der Waals surface area contributed by atoms with Crippen molar-refractivity contribution in [1.82, 2.24) is 0 Å². The van der Waals surface area contributed by atoms with Crippen molar-refractivity contribution in [1.29, 1.82) is 0 Å². The number of nitrogens with one attached hydrogen (secondary N) is 1. The number of rotatable bonds is 6. The van der Waals surface area contributed by atoms with E-state index in [-0.39, 0.29) is 19.1 Å². The first-order valence-electron chi connectivity index (χ1n) is 6.38. The molecule has 0 atom stereocenters. The van der Waals surface area contributed by atoms with Crippen molar-refractivity contribution in [3.05, 3.63) is 65.7 Å². The van der Waals surface area contributed by atoms with Crippen molar-refractivity contribution in [2.24, 2.45) is 0 Å². The van der Waals surface area contributed by atoms with Gasteiger partial charge in [-0.15, -0.1) is 0 Å². The second kappa shape index (κ2) is 7.45. The molecule has 0 aromatic heterocycles. The number of carbonyl (C=O) groups excluding carboxylic acids is 2. The standard InChI is InChI=1S/C16H14ClNO3/c17-16(20)13-6-8-14(9-7-13)18-10-15(19)21-11-12-4-2-1-3-5-12/h1-9,18H,10-11H2. The maximum atomic E-state index is 11.6. The van der Waals surface area contributed by atoms with E-state index >= 15 is 0 Å². The van der Waals surface area contributed by atoms with Crippen LogP contribution < -0.4 is 5.32 Å². The molecule has 0 spiro atoms. The van der Waals surface area contributed by atoms with Crippen LogP contribution in [0.1, 0.15) is 15.9 Å². The first-order valence-corrected chi connectivity index (χ1v) is 6.76. The zero-order chi connectivity index (χ0) is 15.1. The van der Waals surface area contributed by atoms with E-state index in [2.05, 4.69) is 5.32 Å². The fourth-order valence-corrected chi connectivity index (χ4v) is 1.81. The minimum Gasteiger partial charge on any atom is -0.460 e. The van der Waals surface area contributed by atoms with Crippen LogP contribution in [0.25, 0.3) is 0 Å². The third-order valence-corrected chi connectivity index (χ3v) is 3.01. The number of halogens is 1. The van der Waals surface area contributed by atoms with E-state index in [1.165, 1.54) is 0 Å². The van der Waals surface area contributed by atoms with Crippen LogP contribution in [0.5, 0.6) is 0 Å². The lowest BCUT2D eigenvalue weighted by atomic mass is 10.2. The highest BCUT2D eigenvalue weighted by Crippen LogP contribution is 2.11. The Morgan fingerprint density at radius 3 is 2.29 bits per heavy atom. The largest absolute Gasteiger partial charge is 0.460 e. The average molecular weight is 304 g/mol. The van der Waals surface area contributed by atoms with Gasteiger partial charge in [0, 0.05) is 11.3 Å². The van der Waals surface area contributed by atoms with Gasteiger partial charge in [0.05, 0.1) is 0 Å². The second-order valence-corrected chi connectivity index (χ2v) is 4.69. The number of anilines is 1. The van der Waals surface area contributed by atoms with Gasteiger partial charge in [0.15, 0.2) is 0 Å². The Hall–Kier alpha value is -2.33. The summed E-state index contributed by atoms with van der Waals surface area (Å²) in [6.07, 6.45) is 0. The zero-order valence-corrected chi connectivity index (χ0v) is 12.0. The van der Waals surface area contributed by atoms with Crippen molar-refractivity contribution >= 4 is 28.5 Å². The minimum absolute atomic E-state index is 0.0565. The van der Waals surface area contributed by atoms with E-state index in [0.717, 1.165) is 5.56 Å². The van der Waals surface area contributed by atoms with Gasteiger partial charge in [0.2, 0.25) is 0 Å². The van der Waals surface area contributed by atoms with Crippen molar-refractivity contribution in [3.63, 3.8) is 0 Å². The van der Waals surface area contributed by atoms with Crippen LogP contribution in [0.4, 0.5) is 5.69 Å². The molecule has 0 bridgehead atoms. The van der Waals surface area contributed by atoms with Gasteiger partial charge in [-0.05, 0) is 41.4 Å². The van der Waals surface area contributed by atoms with E-state index in [4.69, 9.17) is 16.3 Å². The molecule has 21 heavy (non-hydrogen) atoms. The maximum absolute atomic E-state index is 11.6. The maximum Gasteiger partial charge on any atom is 0.325 e. The molecule has 108 valence electrons. The Morgan fingerprint density at radius 2 is 1.67 bits per heavy atom. The van der Waals surface area contributed by atoms with Crippen LogP contribution in [0.15, 0.2) is 54.6 Å². The summed E-state index contributed by atoms with van der Waals surface area (Å²) in [6, 6.07) is 16.0. The molecule has 2 aromatic carbocycles. The van der Waals surface area contributed by atoms with E-state index in [1.807, 2.05) is 30.3 Å². The first kappa shape index (κ1) is 15.1. The quantitative estimate of drug-likeness (QED) is 0.657. The molecule has 0 aliphatic heterocycles. The summed E-state index contributed by atoms with van der Waals surface area (Å²) in [6.45, 7) is 0.308. The third kappa shape index (κ3) is 4.93. The van der Waals surface area contributed by atoms with Gasteiger partial charge in [-0.25, -0.2) is 0 Å². The van der Waals surface area contributed by atoms with Gasteiger partial charge < -0.3 is 10.1 Å². The number of benzene rings is 2. The molecular formula is C16H14ClNO3. The molecule has 0 fully saturated rings. The van der Waals surface area contributed by atoms with Crippen molar-refractivity contribution < 1.29 is 14.3 Å². The summed E-state index contributed by atoms with van der Waals surface area (Å²) in [7, 11) is 0. The monoisotopic (exact) mass is 303 g/mol. The topological polar surface area (TPSA) is 55.4 Å². The Bertz CT molecular complexity index is 611. The predicted molar refractivity (Wildman–Crippen MR) is 81.4 cm³/mol. The highest BCUT2D eigenvalue weighted by molar-refractivity contribution is 6.67. The van der Waals surface area contributed by atoms with Crippen LogP contribution in [-0.2, 0) is 16.1 Å². The third-order valence-electron chi connectivity index (χ3n) is 2.79. The smallest absolute Gasteiger partial charge is 0.325 e. The molecule has 0 amide bonds. The molecule has 0 aliphatic carbocycles. The van der Waals surface area contributed by atoms with Crippen LogP contribution >= 0.6 is 11.6 Å². The Kier molecular flexibility index (Phi) is 5.35. The van der Waals surface area contributed by atoms with Crippen molar-refractivity contribution in [3.8, 4) is 0 Å². The number of hydrogen-bond acceptors (Lipinski definition) is 4. The summed E-state index contributed by atoms with van der Waals surface area (Å²) < 4.78 is 5.14. The molecule has 0 saturated heterocycles. The number of ether oxygens (including phenoxy) is 1. The molecule has 0 heterocycles. The van der Waals surface area contributed by atoms with E-state index in [9.17, 15) is 9.59 Å². The summed E-state index contributed by atoms with van der Waals surface area (Å²) in [5, 5.41) is 2.41. The molecule has 0 unspecified atom stereocenters.